The van der Waals surface area contributed by atoms with Gasteiger partial charge in [-0.1, -0.05) is 17.7 Å². The van der Waals surface area contributed by atoms with Crippen LogP contribution in [0.4, 0.5) is 0 Å². The maximum atomic E-state index is 12.6. The Bertz CT molecular complexity index is 930. The Morgan fingerprint density at radius 2 is 1.91 bits per heavy atom. The fourth-order valence-corrected chi connectivity index (χ4v) is 3.74. The molecule has 0 aliphatic heterocycles. The highest BCUT2D eigenvalue weighted by molar-refractivity contribution is 7.89. The minimum absolute atomic E-state index is 0.177. The summed E-state index contributed by atoms with van der Waals surface area (Å²) in [5, 5.41) is 0.934. The van der Waals surface area contributed by atoms with Gasteiger partial charge in [-0.25, -0.2) is 13.1 Å². The lowest BCUT2D eigenvalue weighted by Gasteiger charge is -2.10. The average Bonchev–Trinajstić information content (AvgIpc) is 2.56. The summed E-state index contributed by atoms with van der Waals surface area (Å²) in [6, 6.07) is 10.2. The molecule has 3 rings (SSSR count). The number of nitrogens with zero attached hydrogens (tertiary/aromatic N) is 2. The number of fused-ring (bicyclic) bond motifs is 1. The Hall–Kier alpha value is -2.02. The van der Waals surface area contributed by atoms with E-state index in [0.29, 0.717) is 28.9 Å². The van der Waals surface area contributed by atoms with Crippen molar-refractivity contribution in [1.29, 1.82) is 0 Å². The van der Waals surface area contributed by atoms with Gasteiger partial charge in [0.05, 0.1) is 15.4 Å². The molecule has 118 valence electrons. The molecule has 0 saturated carbocycles. The molecule has 0 fully saturated rings. The molecule has 5 nitrogen and oxygen atoms in total. The van der Waals surface area contributed by atoms with E-state index in [1.165, 1.54) is 6.07 Å². The number of aromatic nitrogens is 2. The van der Waals surface area contributed by atoms with Gasteiger partial charge in [0.1, 0.15) is 0 Å². The molecule has 2 heterocycles. The summed E-state index contributed by atoms with van der Waals surface area (Å²) in [5.74, 6) is 0. The van der Waals surface area contributed by atoms with Crippen molar-refractivity contribution >= 4 is 32.5 Å². The topological polar surface area (TPSA) is 72.0 Å². The number of rotatable bonds is 5. The Morgan fingerprint density at radius 3 is 2.70 bits per heavy atom. The SMILES string of the molecule is O=S(=O)(NCCc1cccnc1)c1ccc(Cl)c2ncccc12. The molecule has 7 heteroatoms. The van der Waals surface area contributed by atoms with E-state index in [0.717, 1.165) is 5.56 Å². The van der Waals surface area contributed by atoms with Crippen LogP contribution in [0.2, 0.25) is 5.02 Å². The molecule has 0 aliphatic rings. The van der Waals surface area contributed by atoms with E-state index in [2.05, 4.69) is 14.7 Å². The zero-order chi connectivity index (χ0) is 16.3. The molecule has 0 saturated heterocycles. The molecule has 0 atom stereocenters. The van der Waals surface area contributed by atoms with Crippen LogP contribution in [-0.4, -0.2) is 24.9 Å². The van der Waals surface area contributed by atoms with Crippen molar-refractivity contribution in [3.63, 3.8) is 0 Å². The Balaban J connectivity index is 1.84. The predicted octanol–water partition coefficient (Wildman–Crippen LogP) is 2.80. The van der Waals surface area contributed by atoms with Crippen molar-refractivity contribution < 1.29 is 8.42 Å². The van der Waals surface area contributed by atoms with E-state index in [9.17, 15) is 8.42 Å². The van der Waals surface area contributed by atoms with Gasteiger partial charge >= 0.3 is 0 Å². The van der Waals surface area contributed by atoms with Crippen molar-refractivity contribution in [3.05, 3.63) is 65.6 Å². The highest BCUT2D eigenvalue weighted by Crippen LogP contribution is 2.27. The van der Waals surface area contributed by atoms with Gasteiger partial charge < -0.3 is 0 Å². The third-order valence-electron chi connectivity index (χ3n) is 3.40. The van der Waals surface area contributed by atoms with E-state index in [1.807, 2.05) is 12.1 Å². The maximum absolute atomic E-state index is 12.6. The quantitative estimate of drug-likeness (QED) is 0.770. The standard InChI is InChI=1S/C16H14ClN3O2S/c17-14-5-6-15(13-4-2-9-19-16(13)14)23(21,22)20-10-7-12-3-1-8-18-11-12/h1-6,8-9,11,20H,7,10H2. The number of benzene rings is 1. The minimum Gasteiger partial charge on any atom is -0.264 e. The number of hydrogen-bond acceptors (Lipinski definition) is 4. The van der Waals surface area contributed by atoms with Crippen LogP contribution in [0.3, 0.4) is 0 Å². The molecular weight excluding hydrogens is 334 g/mol. The summed E-state index contributed by atoms with van der Waals surface area (Å²) >= 11 is 6.08. The van der Waals surface area contributed by atoms with Crippen molar-refractivity contribution in [2.75, 3.05) is 6.54 Å². The number of pyridine rings is 2. The fraction of sp³-hybridized carbons (Fsp3) is 0.125. The third kappa shape index (κ3) is 3.50. The summed E-state index contributed by atoms with van der Waals surface area (Å²) in [5.41, 5.74) is 1.45. The highest BCUT2D eigenvalue weighted by atomic mass is 35.5. The number of nitrogens with one attached hydrogen (secondary N) is 1. The summed E-state index contributed by atoms with van der Waals surface area (Å²) < 4.78 is 27.7. The molecule has 0 unspecified atom stereocenters. The van der Waals surface area contributed by atoms with Crippen molar-refractivity contribution in [2.45, 2.75) is 11.3 Å². The molecule has 3 aromatic rings. The zero-order valence-electron chi connectivity index (χ0n) is 12.1. The number of halogens is 1. The van der Waals surface area contributed by atoms with E-state index in [4.69, 9.17) is 11.6 Å². The Kier molecular flexibility index (Phi) is 4.56. The van der Waals surface area contributed by atoms with Crippen molar-refractivity contribution in [3.8, 4) is 0 Å². The highest BCUT2D eigenvalue weighted by Gasteiger charge is 2.18. The second-order valence-electron chi connectivity index (χ2n) is 4.95. The molecule has 23 heavy (non-hydrogen) atoms. The molecule has 1 aromatic carbocycles. The second kappa shape index (κ2) is 6.62. The van der Waals surface area contributed by atoms with Gasteiger partial charge in [0, 0.05) is 30.5 Å². The van der Waals surface area contributed by atoms with Crippen LogP contribution in [0.1, 0.15) is 5.56 Å². The molecule has 0 bridgehead atoms. The largest absolute Gasteiger partial charge is 0.264 e. The monoisotopic (exact) mass is 347 g/mol. The molecule has 1 N–H and O–H groups in total. The van der Waals surface area contributed by atoms with Crippen LogP contribution < -0.4 is 4.72 Å². The summed E-state index contributed by atoms with van der Waals surface area (Å²) in [6.07, 6.45) is 5.55. The zero-order valence-corrected chi connectivity index (χ0v) is 13.7. The van der Waals surface area contributed by atoms with Crippen LogP contribution in [0.25, 0.3) is 10.9 Å². The van der Waals surface area contributed by atoms with Gasteiger partial charge in [0.25, 0.3) is 0 Å². The van der Waals surface area contributed by atoms with Crippen LogP contribution in [-0.2, 0) is 16.4 Å². The average molecular weight is 348 g/mol. The third-order valence-corrected chi connectivity index (χ3v) is 5.22. The van der Waals surface area contributed by atoms with Gasteiger partial charge in [-0.3, -0.25) is 9.97 Å². The van der Waals surface area contributed by atoms with Crippen LogP contribution in [0.15, 0.2) is 59.9 Å². The maximum Gasteiger partial charge on any atom is 0.241 e. The first-order chi connectivity index (χ1) is 11.1. The first-order valence-electron chi connectivity index (χ1n) is 7.00. The van der Waals surface area contributed by atoms with Gasteiger partial charge in [0.2, 0.25) is 10.0 Å². The van der Waals surface area contributed by atoms with Crippen LogP contribution in [0, 0.1) is 0 Å². The van der Waals surface area contributed by atoms with Crippen LogP contribution >= 0.6 is 11.6 Å². The van der Waals surface area contributed by atoms with Gasteiger partial charge in [0.15, 0.2) is 0 Å². The predicted molar refractivity (Wildman–Crippen MR) is 89.9 cm³/mol. The summed E-state index contributed by atoms with van der Waals surface area (Å²) in [4.78, 5) is 8.34. The van der Waals surface area contributed by atoms with E-state index < -0.39 is 10.0 Å². The number of sulfonamides is 1. The lowest BCUT2D eigenvalue weighted by molar-refractivity contribution is 0.582. The minimum atomic E-state index is -3.64. The van der Waals surface area contributed by atoms with Crippen molar-refractivity contribution in [1.82, 2.24) is 14.7 Å². The van der Waals surface area contributed by atoms with Crippen molar-refractivity contribution in [2.24, 2.45) is 0 Å². The first-order valence-corrected chi connectivity index (χ1v) is 8.86. The normalized spacial score (nSPS) is 11.7. The molecule has 0 radical (unpaired) electrons. The molecular formula is C16H14ClN3O2S. The molecule has 2 aromatic heterocycles. The lowest BCUT2D eigenvalue weighted by Crippen LogP contribution is -2.26. The Labute approximate surface area is 139 Å². The summed E-state index contributed by atoms with van der Waals surface area (Å²) in [7, 11) is -3.64. The Morgan fingerprint density at radius 1 is 1.09 bits per heavy atom. The lowest BCUT2D eigenvalue weighted by atomic mass is 10.2. The summed E-state index contributed by atoms with van der Waals surface area (Å²) in [6.45, 7) is 0.290. The smallest absolute Gasteiger partial charge is 0.241 e. The van der Waals surface area contributed by atoms with Gasteiger partial charge in [-0.2, -0.15) is 0 Å². The number of hydrogen-bond donors (Lipinski definition) is 1. The van der Waals surface area contributed by atoms with Crippen LogP contribution in [0.5, 0.6) is 0 Å². The van der Waals surface area contributed by atoms with Gasteiger partial charge in [-0.05, 0) is 42.3 Å². The van der Waals surface area contributed by atoms with E-state index >= 15 is 0 Å². The molecule has 0 aliphatic carbocycles. The fourth-order valence-electron chi connectivity index (χ4n) is 2.30. The van der Waals surface area contributed by atoms with E-state index in [1.54, 1.807) is 36.8 Å². The second-order valence-corrected chi connectivity index (χ2v) is 7.10. The van der Waals surface area contributed by atoms with E-state index in [-0.39, 0.29) is 4.90 Å². The molecule has 0 amide bonds. The first kappa shape index (κ1) is 15.9. The van der Waals surface area contributed by atoms with Gasteiger partial charge in [-0.15, -0.1) is 0 Å². The molecule has 0 spiro atoms.